The fourth-order valence-electron chi connectivity index (χ4n) is 2.26. The van der Waals surface area contributed by atoms with Crippen LogP contribution < -0.4 is 5.32 Å². The molecule has 1 atom stereocenters. The van der Waals surface area contributed by atoms with E-state index >= 15 is 0 Å². The van der Waals surface area contributed by atoms with Crippen molar-refractivity contribution in [3.63, 3.8) is 0 Å². The van der Waals surface area contributed by atoms with Crippen molar-refractivity contribution in [1.82, 2.24) is 10.3 Å². The molecule has 1 aromatic heterocycles. The van der Waals surface area contributed by atoms with Crippen LogP contribution in [-0.2, 0) is 4.79 Å². The Hall–Kier alpha value is -0.900. The first-order valence-electron chi connectivity index (χ1n) is 4.52. The molecule has 2 heterocycles. The number of thiazole rings is 1. The molecule has 3 nitrogen and oxygen atoms in total. The van der Waals surface area contributed by atoms with E-state index in [0.29, 0.717) is 0 Å². The summed E-state index contributed by atoms with van der Waals surface area (Å²) in [6.45, 7) is 0. The van der Waals surface area contributed by atoms with Gasteiger partial charge in [-0.05, 0) is 12.8 Å². The first kappa shape index (κ1) is 7.50. The second-order valence-corrected chi connectivity index (χ2v) is 4.55. The summed E-state index contributed by atoms with van der Waals surface area (Å²) in [4.78, 5) is 15.7. The van der Waals surface area contributed by atoms with Crippen molar-refractivity contribution in [1.29, 1.82) is 0 Å². The van der Waals surface area contributed by atoms with Crippen LogP contribution >= 0.6 is 11.3 Å². The summed E-state index contributed by atoms with van der Waals surface area (Å²) < 4.78 is 0. The Morgan fingerprint density at radius 2 is 2.46 bits per heavy atom. The molecule has 1 aliphatic carbocycles. The number of amides is 1. The van der Waals surface area contributed by atoms with Gasteiger partial charge in [-0.2, -0.15) is 0 Å². The largest absolute Gasteiger partial charge is 0.346 e. The maximum atomic E-state index is 11.4. The molecule has 0 bridgehead atoms. The van der Waals surface area contributed by atoms with Gasteiger partial charge >= 0.3 is 0 Å². The number of carbonyl (C=O) groups is 1. The Morgan fingerprint density at radius 1 is 1.62 bits per heavy atom. The lowest BCUT2D eigenvalue weighted by Gasteiger charge is -2.53. The third-order valence-electron chi connectivity index (χ3n) is 3.27. The van der Waals surface area contributed by atoms with Gasteiger partial charge in [0.05, 0.1) is 22.7 Å². The van der Waals surface area contributed by atoms with Gasteiger partial charge in [-0.3, -0.25) is 4.79 Å². The van der Waals surface area contributed by atoms with Gasteiger partial charge in [0, 0.05) is 5.38 Å². The van der Waals surface area contributed by atoms with Crippen molar-refractivity contribution in [3.8, 4) is 0 Å². The quantitative estimate of drug-likeness (QED) is 0.688. The van der Waals surface area contributed by atoms with Gasteiger partial charge in [-0.15, -0.1) is 11.3 Å². The molecule has 1 saturated carbocycles. The van der Waals surface area contributed by atoms with Crippen LogP contribution in [0.15, 0.2) is 10.9 Å². The standard InChI is InChI=1S/C9H10N2OS/c12-8-9(2-1-3-9)7(11-8)6-4-13-5-10-6/h4-5,7H,1-3H2,(H,11,12). The van der Waals surface area contributed by atoms with Gasteiger partial charge < -0.3 is 5.32 Å². The van der Waals surface area contributed by atoms with Gasteiger partial charge in [0.25, 0.3) is 0 Å². The Labute approximate surface area is 80.2 Å². The van der Waals surface area contributed by atoms with Crippen LogP contribution in [0, 0.1) is 5.41 Å². The third kappa shape index (κ3) is 0.790. The minimum absolute atomic E-state index is 0.0614. The van der Waals surface area contributed by atoms with E-state index in [1.807, 2.05) is 10.9 Å². The molecule has 1 unspecified atom stereocenters. The number of rotatable bonds is 1. The number of carbonyl (C=O) groups excluding carboxylic acids is 1. The first-order chi connectivity index (χ1) is 6.33. The zero-order valence-corrected chi connectivity index (χ0v) is 7.93. The van der Waals surface area contributed by atoms with E-state index < -0.39 is 0 Å². The summed E-state index contributed by atoms with van der Waals surface area (Å²) >= 11 is 1.59. The number of aromatic nitrogens is 1. The van der Waals surface area contributed by atoms with E-state index in [1.165, 1.54) is 6.42 Å². The fraction of sp³-hybridized carbons (Fsp3) is 0.556. The molecule has 1 spiro atoms. The fourth-order valence-corrected chi connectivity index (χ4v) is 2.84. The van der Waals surface area contributed by atoms with Crippen molar-refractivity contribution in [3.05, 3.63) is 16.6 Å². The Bertz CT molecular complexity index is 343. The minimum Gasteiger partial charge on any atom is -0.346 e. The van der Waals surface area contributed by atoms with Crippen LogP contribution in [0.3, 0.4) is 0 Å². The molecule has 2 aliphatic rings. The van der Waals surface area contributed by atoms with Crippen LogP contribution in [0.4, 0.5) is 0 Å². The second kappa shape index (κ2) is 2.32. The molecule has 0 aromatic carbocycles. The molecule has 1 amide bonds. The zero-order chi connectivity index (χ0) is 8.89. The molecular formula is C9H10N2OS. The van der Waals surface area contributed by atoms with Gasteiger partial charge in [0.2, 0.25) is 5.91 Å². The van der Waals surface area contributed by atoms with Gasteiger partial charge in [0.1, 0.15) is 0 Å². The molecule has 1 saturated heterocycles. The Kier molecular flexibility index (Phi) is 1.34. The molecule has 4 heteroatoms. The maximum absolute atomic E-state index is 11.4. The highest BCUT2D eigenvalue weighted by Crippen LogP contribution is 2.55. The highest BCUT2D eigenvalue weighted by atomic mass is 32.1. The van der Waals surface area contributed by atoms with E-state index in [2.05, 4.69) is 10.3 Å². The summed E-state index contributed by atoms with van der Waals surface area (Å²) in [6.07, 6.45) is 3.27. The molecule has 1 aliphatic heterocycles. The summed E-state index contributed by atoms with van der Waals surface area (Å²) in [5.74, 6) is 0.233. The lowest BCUT2D eigenvalue weighted by Crippen LogP contribution is -2.64. The van der Waals surface area contributed by atoms with Gasteiger partial charge in [-0.25, -0.2) is 4.98 Å². The molecule has 2 fully saturated rings. The number of nitrogens with zero attached hydrogens (tertiary/aromatic N) is 1. The molecule has 3 rings (SSSR count). The molecule has 1 N–H and O–H groups in total. The predicted molar refractivity (Wildman–Crippen MR) is 49.3 cm³/mol. The monoisotopic (exact) mass is 194 g/mol. The third-order valence-corrected chi connectivity index (χ3v) is 3.88. The van der Waals surface area contributed by atoms with Crippen LogP contribution in [0.1, 0.15) is 31.0 Å². The molecule has 68 valence electrons. The van der Waals surface area contributed by atoms with Gasteiger partial charge in [-0.1, -0.05) is 6.42 Å². The van der Waals surface area contributed by atoms with Crippen molar-refractivity contribution in [2.75, 3.05) is 0 Å². The number of β-lactam (4-membered cyclic amide) rings is 1. The molecular weight excluding hydrogens is 184 g/mol. The second-order valence-electron chi connectivity index (χ2n) is 3.83. The lowest BCUT2D eigenvalue weighted by molar-refractivity contribution is -0.155. The van der Waals surface area contributed by atoms with Crippen LogP contribution in [0.2, 0.25) is 0 Å². The van der Waals surface area contributed by atoms with Crippen molar-refractivity contribution >= 4 is 17.2 Å². The average molecular weight is 194 g/mol. The Balaban J connectivity index is 1.91. The van der Waals surface area contributed by atoms with Crippen molar-refractivity contribution < 1.29 is 4.79 Å². The van der Waals surface area contributed by atoms with Crippen LogP contribution in [0.25, 0.3) is 0 Å². The summed E-state index contributed by atoms with van der Waals surface area (Å²) in [5.41, 5.74) is 2.81. The van der Waals surface area contributed by atoms with E-state index in [0.717, 1.165) is 18.5 Å². The van der Waals surface area contributed by atoms with Crippen LogP contribution in [0.5, 0.6) is 0 Å². The van der Waals surface area contributed by atoms with Gasteiger partial charge in [0.15, 0.2) is 0 Å². The molecule has 1 aromatic rings. The Morgan fingerprint density at radius 3 is 2.92 bits per heavy atom. The topological polar surface area (TPSA) is 42.0 Å². The molecule has 0 radical (unpaired) electrons. The minimum atomic E-state index is -0.0614. The smallest absolute Gasteiger partial charge is 0.229 e. The number of nitrogens with one attached hydrogen (secondary N) is 1. The predicted octanol–water partition coefficient (Wildman–Crippen LogP) is 1.48. The van der Waals surface area contributed by atoms with E-state index in [-0.39, 0.29) is 17.4 Å². The summed E-state index contributed by atoms with van der Waals surface area (Å²) in [5, 5.41) is 4.98. The van der Waals surface area contributed by atoms with E-state index in [1.54, 1.807) is 11.3 Å². The highest BCUT2D eigenvalue weighted by Gasteiger charge is 2.59. The normalized spacial score (nSPS) is 29.2. The first-order valence-corrected chi connectivity index (χ1v) is 5.46. The van der Waals surface area contributed by atoms with E-state index in [9.17, 15) is 4.79 Å². The summed E-state index contributed by atoms with van der Waals surface area (Å²) in [6, 6.07) is 0.208. The average Bonchev–Trinajstić information content (AvgIpc) is 2.48. The SMILES string of the molecule is O=C1NC(c2cscn2)C12CCC2. The van der Waals surface area contributed by atoms with Crippen molar-refractivity contribution in [2.45, 2.75) is 25.3 Å². The molecule has 13 heavy (non-hydrogen) atoms. The summed E-state index contributed by atoms with van der Waals surface area (Å²) in [7, 11) is 0. The zero-order valence-electron chi connectivity index (χ0n) is 7.12. The maximum Gasteiger partial charge on any atom is 0.229 e. The van der Waals surface area contributed by atoms with Crippen molar-refractivity contribution in [2.24, 2.45) is 5.41 Å². The van der Waals surface area contributed by atoms with Crippen LogP contribution in [-0.4, -0.2) is 10.9 Å². The lowest BCUT2D eigenvalue weighted by atomic mass is 9.58. The highest BCUT2D eigenvalue weighted by molar-refractivity contribution is 7.07. The van der Waals surface area contributed by atoms with E-state index in [4.69, 9.17) is 0 Å². The number of hydrogen-bond donors (Lipinski definition) is 1. The number of hydrogen-bond acceptors (Lipinski definition) is 3.